The lowest BCUT2D eigenvalue weighted by atomic mass is 10.1. The molecule has 2 aromatic rings. The fourth-order valence-corrected chi connectivity index (χ4v) is 2.19. The average Bonchev–Trinajstić information content (AvgIpc) is 2.52. The van der Waals surface area contributed by atoms with Crippen LogP contribution in [0, 0.1) is 0 Å². The molecule has 1 heterocycles. The minimum absolute atomic E-state index is 0.110. The normalized spacial score (nSPS) is 10.8. The van der Waals surface area contributed by atoms with Crippen LogP contribution in [0.15, 0.2) is 48.8 Å². The van der Waals surface area contributed by atoms with Gasteiger partial charge in [-0.15, -0.1) is 0 Å². The average molecular weight is 283 g/mol. The summed E-state index contributed by atoms with van der Waals surface area (Å²) in [6.07, 6.45) is 4.51. The predicted molar refractivity (Wildman–Crippen MR) is 85.2 cm³/mol. The lowest BCUT2D eigenvalue weighted by molar-refractivity contribution is 0.0934. The molecule has 4 nitrogen and oxygen atoms in total. The number of anilines is 1. The molecule has 0 bridgehead atoms. The molecule has 0 saturated heterocycles. The van der Waals surface area contributed by atoms with Crippen LogP contribution in [0.4, 0.5) is 5.69 Å². The van der Waals surface area contributed by atoms with Gasteiger partial charge in [0.1, 0.15) is 0 Å². The Bertz CT molecular complexity index is 584. The minimum atomic E-state index is 0.110. The van der Waals surface area contributed by atoms with Crippen LogP contribution in [0.25, 0.3) is 0 Å². The molecule has 0 aliphatic rings. The van der Waals surface area contributed by atoms with E-state index >= 15 is 0 Å². The highest BCUT2D eigenvalue weighted by atomic mass is 16.1. The summed E-state index contributed by atoms with van der Waals surface area (Å²) in [4.78, 5) is 18.4. The van der Waals surface area contributed by atoms with Crippen LogP contribution in [-0.4, -0.2) is 35.3 Å². The topological polar surface area (TPSA) is 59.2 Å². The molecule has 0 saturated carbocycles. The van der Waals surface area contributed by atoms with E-state index in [1.54, 1.807) is 24.5 Å². The van der Waals surface area contributed by atoms with Gasteiger partial charge in [-0.1, -0.05) is 19.1 Å². The molecule has 0 radical (unpaired) electrons. The molecule has 110 valence electrons. The second kappa shape index (κ2) is 7.55. The summed E-state index contributed by atoms with van der Waals surface area (Å²) >= 11 is 0. The van der Waals surface area contributed by atoms with Crippen molar-refractivity contribution in [3.63, 3.8) is 0 Å². The number of ketones is 1. The molecule has 0 spiro atoms. The largest absolute Gasteiger partial charge is 0.399 e. The van der Waals surface area contributed by atoms with Gasteiger partial charge in [0, 0.05) is 30.2 Å². The molecule has 0 aliphatic heterocycles. The number of rotatable bonds is 7. The standard InChI is InChI=1S/C17H21N3O/c1-2-20(11-8-14-6-9-19-10-7-14)13-17(21)15-4-3-5-16(18)12-15/h3-7,9-10,12H,2,8,11,13,18H2,1H3. The van der Waals surface area contributed by atoms with Crippen molar-refractivity contribution in [2.45, 2.75) is 13.3 Å². The number of aromatic nitrogens is 1. The first-order valence-corrected chi connectivity index (χ1v) is 7.19. The van der Waals surface area contributed by atoms with Crippen molar-refractivity contribution in [1.82, 2.24) is 9.88 Å². The highest BCUT2D eigenvalue weighted by Gasteiger charge is 2.11. The quantitative estimate of drug-likeness (QED) is 0.626. The Kier molecular flexibility index (Phi) is 5.46. The Morgan fingerprint density at radius 3 is 2.67 bits per heavy atom. The van der Waals surface area contributed by atoms with Gasteiger partial charge in [-0.25, -0.2) is 0 Å². The highest BCUT2D eigenvalue weighted by Crippen LogP contribution is 2.08. The van der Waals surface area contributed by atoms with Gasteiger partial charge in [0.05, 0.1) is 6.54 Å². The number of carbonyl (C=O) groups is 1. The maximum atomic E-state index is 12.3. The summed E-state index contributed by atoms with van der Waals surface area (Å²) in [6.45, 7) is 4.19. The first kappa shape index (κ1) is 15.2. The number of hydrogen-bond donors (Lipinski definition) is 1. The second-order valence-corrected chi connectivity index (χ2v) is 5.02. The maximum absolute atomic E-state index is 12.3. The summed E-state index contributed by atoms with van der Waals surface area (Å²) in [6, 6.07) is 11.2. The fourth-order valence-electron chi connectivity index (χ4n) is 2.19. The van der Waals surface area contributed by atoms with E-state index in [1.807, 2.05) is 24.3 Å². The van der Waals surface area contributed by atoms with Crippen LogP contribution in [0.3, 0.4) is 0 Å². The van der Waals surface area contributed by atoms with Crippen molar-refractivity contribution in [2.75, 3.05) is 25.4 Å². The number of hydrogen-bond acceptors (Lipinski definition) is 4. The molecular formula is C17H21N3O. The molecule has 0 amide bonds. The Morgan fingerprint density at radius 2 is 2.00 bits per heavy atom. The molecule has 0 fully saturated rings. The van der Waals surface area contributed by atoms with Gasteiger partial charge in [0.15, 0.2) is 5.78 Å². The predicted octanol–water partition coefficient (Wildman–Crippen LogP) is 2.41. The van der Waals surface area contributed by atoms with E-state index < -0.39 is 0 Å². The first-order valence-electron chi connectivity index (χ1n) is 7.19. The van der Waals surface area contributed by atoms with E-state index in [9.17, 15) is 4.79 Å². The molecule has 21 heavy (non-hydrogen) atoms. The second-order valence-electron chi connectivity index (χ2n) is 5.02. The number of nitrogen functional groups attached to an aromatic ring is 1. The SMILES string of the molecule is CCN(CCc1ccncc1)CC(=O)c1cccc(N)c1. The number of nitrogens with zero attached hydrogens (tertiary/aromatic N) is 2. The molecular weight excluding hydrogens is 262 g/mol. The van der Waals surface area contributed by atoms with Crippen molar-refractivity contribution in [2.24, 2.45) is 0 Å². The third-order valence-corrected chi connectivity index (χ3v) is 3.49. The van der Waals surface area contributed by atoms with Crippen LogP contribution in [-0.2, 0) is 6.42 Å². The Hall–Kier alpha value is -2.20. The smallest absolute Gasteiger partial charge is 0.176 e. The van der Waals surface area contributed by atoms with Gasteiger partial charge < -0.3 is 5.73 Å². The highest BCUT2D eigenvalue weighted by molar-refractivity contribution is 5.98. The van der Waals surface area contributed by atoms with Crippen LogP contribution >= 0.6 is 0 Å². The van der Waals surface area contributed by atoms with Crippen LogP contribution < -0.4 is 5.73 Å². The summed E-state index contributed by atoms with van der Waals surface area (Å²) in [5, 5.41) is 0. The molecule has 0 aliphatic carbocycles. The van der Waals surface area contributed by atoms with E-state index in [-0.39, 0.29) is 5.78 Å². The van der Waals surface area contributed by atoms with Gasteiger partial charge in [0.25, 0.3) is 0 Å². The van der Waals surface area contributed by atoms with Crippen molar-refractivity contribution >= 4 is 11.5 Å². The monoisotopic (exact) mass is 283 g/mol. The van der Waals surface area contributed by atoms with Crippen molar-refractivity contribution in [3.05, 3.63) is 59.9 Å². The van der Waals surface area contributed by atoms with E-state index in [0.29, 0.717) is 17.8 Å². The van der Waals surface area contributed by atoms with Crippen LogP contribution in [0.1, 0.15) is 22.8 Å². The van der Waals surface area contributed by atoms with Crippen LogP contribution in [0.5, 0.6) is 0 Å². The number of nitrogens with two attached hydrogens (primary N) is 1. The third kappa shape index (κ3) is 4.68. The van der Waals surface area contributed by atoms with Crippen molar-refractivity contribution < 1.29 is 4.79 Å². The van der Waals surface area contributed by atoms with E-state index in [2.05, 4.69) is 16.8 Å². The fraction of sp³-hybridized carbons (Fsp3) is 0.294. The van der Waals surface area contributed by atoms with E-state index in [4.69, 9.17) is 5.73 Å². The molecule has 1 aromatic heterocycles. The minimum Gasteiger partial charge on any atom is -0.399 e. The summed E-state index contributed by atoms with van der Waals surface area (Å²) in [5.41, 5.74) is 8.26. The Morgan fingerprint density at radius 1 is 1.24 bits per heavy atom. The number of benzene rings is 1. The van der Waals surface area contributed by atoms with Gasteiger partial charge in [-0.05, 0) is 42.8 Å². The van der Waals surface area contributed by atoms with Gasteiger partial charge in [0.2, 0.25) is 0 Å². The zero-order chi connectivity index (χ0) is 15.1. The van der Waals surface area contributed by atoms with E-state index in [0.717, 1.165) is 19.5 Å². The van der Waals surface area contributed by atoms with Gasteiger partial charge >= 0.3 is 0 Å². The maximum Gasteiger partial charge on any atom is 0.176 e. The number of likely N-dealkylation sites (N-methyl/N-ethyl adjacent to an activating group) is 1. The summed E-state index contributed by atoms with van der Waals surface area (Å²) in [7, 11) is 0. The zero-order valence-corrected chi connectivity index (χ0v) is 12.3. The Labute approximate surface area is 125 Å². The van der Waals surface area contributed by atoms with Gasteiger partial charge in [-0.3, -0.25) is 14.7 Å². The summed E-state index contributed by atoms with van der Waals surface area (Å²) in [5.74, 6) is 0.110. The van der Waals surface area contributed by atoms with Crippen molar-refractivity contribution in [1.29, 1.82) is 0 Å². The lowest BCUT2D eigenvalue weighted by Gasteiger charge is -2.19. The van der Waals surface area contributed by atoms with E-state index in [1.165, 1.54) is 5.56 Å². The zero-order valence-electron chi connectivity index (χ0n) is 12.3. The molecule has 2 N–H and O–H groups in total. The molecule has 4 heteroatoms. The third-order valence-electron chi connectivity index (χ3n) is 3.49. The lowest BCUT2D eigenvalue weighted by Crippen LogP contribution is -2.31. The number of carbonyl (C=O) groups excluding carboxylic acids is 1. The van der Waals surface area contributed by atoms with Crippen molar-refractivity contribution in [3.8, 4) is 0 Å². The molecule has 0 atom stereocenters. The van der Waals surface area contributed by atoms with Crippen LogP contribution in [0.2, 0.25) is 0 Å². The summed E-state index contributed by atoms with van der Waals surface area (Å²) < 4.78 is 0. The molecule has 0 unspecified atom stereocenters. The number of Topliss-reactive ketones (excluding diaryl/α,β-unsaturated/α-hetero) is 1. The number of pyridine rings is 1. The molecule has 2 rings (SSSR count). The van der Waals surface area contributed by atoms with Gasteiger partial charge in [-0.2, -0.15) is 0 Å². The first-order chi connectivity index (χ1) is 10.2. The molecule has 1 aromatic carbocycles. The Balaban J connectivity index is 1.91.